The van der Waals surface area contributed by atoms with Crippen LogP contribution >= 0.6 is 0 Å². The van der Waals surface area contributed by atoms with Crippen molar-refractivity contribution >= 4 is 22.2 Å². The lowest BCUT2D eigenvalue weighted by atomic mass is 10.1. The molecule has 0 heterocycles. The lowest BCUT2D eigenvalue weighted by Crippen LogP contribution is -2.50. The van der Waals surface area contributed by atoms with Crippen LogP contribution in [0.5, 0.6) is 0 Å². The summed E-state index contributed by atoms with van der Waals surface area (Å²) in [7, 11) is -4.68. The van der Waals surface area contributed by atoms with Gasteiger partial charge in [0.25, 0.3) is 0 Å². The third-order valence-electron chi connectivity index (χ3n) is 2.94. The Hall–Kier alpha value is -2.16. The topological polar surface area (TPSA) is 102 Å². The predicted octanol–water partition coefficient (Wildman–Crippen LogP) is 1.54. The number of nitrogens with one attached hydrogen (secondary N) is 2. The second-order valence-electron chi connectivity index (χ2n) is 6.42. The molecule has 1 rings (SSSR count). The molecule has 2 N–H and O–H groups in total. The molecule has 0 fully saturated rings. The zero-order valence-corrected chi connectivity index (χ0v) is 15.2. The Labute approximate surface area is 147 Å². The lowest BCUT2D eigenvalue weighted by Gasteiger charge is -2.23. The number of ether oxygens (including phenoxy) is 1. The number of carbonyl (C=O) groups is 2. The standard InChI is InChI=1S/C16H23FN2O5S/c1-16(2,3)24-15(21)19-13(11-12-7-5-4-6-8-12)14(20)18-9-10-25(17,22)23/h4-8,13H,9-11H2,1-3H3,(H,18,20)(H,19,21)/t13-/m0/s1. The maximum atomic E-state index is 12.5. The zero-order valence-electron chi connectivity index (χ0n) is 14.4. The number of hydrogen-bond donors (Lipinski definition) is 2. The summed E-state index contributed by atoms with van der Waals surface area (Å²) >= 11 is 0. The van der Waals surface area contributed by atoms with Gasteiger partial charge in [0, 0.05) is 13.0 Å². The number of hydrogen-bond acceptors (Lipinski definition) is 5. The van der Waals surface area contributed by atoms with E-state index in [9.17, 15) is 21.9 Å². The summed E-state index contributed by atoms with van der Waals surface area (Å²) in [6, 6.07) is 7.96. The maximum Gasteiger partial charge on any atom is 0.408 e. The summed E-state index contributed by atoms with van der Waals surface area (Å²) in [5.41, 5.74) is 0.0528. The van der Waals surface area contributed by atoms with Crippen molar-refractivity contribution in [2.24, 2.45) is 0 Å². The first kappa shape index (κ1) is 20.9. The van der Waals surface area contributed by atoms with Gasteiger partial charge >= 0.3 is 16.3 Å². The molecular formula is C16H23FN2O5S. The van der Waals surface area contributed by atoms with Crippen LogP contribution in [0.1, 0.15) is 26.3 Å². The molecule has 0 aliphatic heterocycles. The van der Waals surface area contributed by atoms with Crippen LogP contribution in [0.15, 0.2) is 30.3 Å². The molecule has 25 heavy (non-hydrogen) atoms. The fourth-order valence-corrected chi connectivity index (χ4v) is 2.27. The smallest absolute Gasteiger partial charge is 0.408 e. The average Bonchev–Trinajstić information content (AvgIpc) is 2.44. The van der Waals surface area contributed by atoms with Crippen molar-refractivity contribution in [1.29, 1.82) is 0 Å². The van der Waals surface area contributed by atoms with Gasteiger partial charge < -0.3 is 15.4 Å². The van der Waals surface area contributed by atoms with Crippen molar-refractivity contribution in [2.45, 2.75) is 38.8 Å². The first-order valence-corrected chi connectivity index (χ1v) is 9.25. The van der Waals surface area contributed by atoms with Gasteiger partial charge in [-0.1, -0.05) is 30.3 Å². The lowest BCUT2D eigenvalue weighted by molar-refractivity contribution is -0.123. The van der Waals surface area contributed by atoms with Crippen LogP contribution in [-0.4, -0.2) is 44.4 Å². The van der Waals surface area contributed by atoms with Crippen molar-refractivity contribution < 1.29 is 26.6 Å². The fraction of sp³-hybridized carbons (Fsp3) is 0.500. The molecule has 1 atom stereocenters. The minimum Gasteiger partial charge on any atom is -0.444 e. The van der Waals surface area contributed by atoms with Crippen LogP contribution < -0.4 is 10.6 Å². The zero-order chi connectivity index (χ0) is 19.1. The number of halogens is 1. The SMILES string of the molecule is CC(C)(C)OC(=O)N[C@@H](Cc1ccccc1)C(=O)NCCS(=O)(=O)F. The Morgan fingerprint density at radius 3 is 2.32 bits per heavy atom. The summed E-state index contributed by atoms with van der Waals surface area (Å²) in [4.78, 5) is 24.2. The molecule has 0 spiro atoms. The van der Waals surface area contributed by atoms with Crippen LogP contribution in [-0.2, 0) is 26.2 Å². The van der Waals surface area contributed by atoms with Gasteiger partial charge in [-0.15, -0.1) is 3.89 Å². The molecule has 0 saturated heterocycles. The normalized spacial score (nSPS) is 13.0. The van der Waals surface area contributed by atoms with Gasteiger partial charge in [-0.25, -0.2) is 4.79 Å². The second kappa shape index (κ2) is 8.80. The van der Waals surface area contributed by atoms with E-state index in [4.69, 9.17) is 4.74 Å². The number of benzene rings is 1. The molecule has 1 aromatic rings. The monoisotopic (exact) mass is 374 g/mol. The number of carbonyl (C=O) groups excluding carboxylic acids is 2. The number of alkyl carbamates (subject to hydrolysis) is 1. The molecule has 2 amide bonds. The van der Waals surface area contributed by atoms with E-state index < -0.39 is 39.6 Å². The molecule has 7 nitrogen and oxygen atoms in total. The highest BCUT2D eigenvalue weighted by atomic mass is 32.3. The highest BCUT2D eigenvalue weighted by Gasteiger charge is 2.24. The highest BCUT2D eigenvalue weighted by molar-refractivity contribution is 7.86. The van der Waals surface area contributed by atoms with Crippen molar-refractivity contribution in [2.75, 3.05) is 12.3 Å². The second-order valence-corrected chi connectivity index (χ2v) is 7.91. The average molecular weight is 374 g/mol. The molecule has 0 radical (unpaired) electrons. The molecular weight excluding hydrogens is 351 g/mol. The minimum absolute atomic E-state index is 0.175. The van der Waals surface area contributed by atoms with E-state index in [0.717, 1.165) is 5.56 Å². The van der Waals surface area contributed by atoms with E-state index in [1.165, 1.54) is 0 Å². The molecule has 0 aromatic heterocycles. The van der Waals surface area contributed by atoms with Crippen LogP contribution in [0.3, 0.4) is 0 Å². The Balaban J connectivity index is 2.76. The summed E-state index contributed by atoms with van der Waals surface area (Å²) < 4.78 is 38.6. The van der Waals surface area contributed by atoms with Crippen LogP contribution in [0.2, 0.25) is 0 Å². The fourth-order valence-electron chi connectivity index (χ4n) is 1.93. The maximum absolute atomic E-state index is 12.5. The van der Waals surface area contributed by atoms with E-state index in [1.54, 1.807) is 45.0 Å². The molecule has 0 aliphatic carbocycles. The summed E-state index contributed by atoms with van der Waals surface area (Å²) in [6.07, 6.45) is -0.601. The molecule has 0 bridgehead atoms. The molecule has 1 aromatic carbocycles. The van der Waals surface area contributed by atoms with E-state index in [1.807, 2.05) is 6.07 Å². The first-order chi connectivity index (χ1) is 11.5. The Kier molecular flexibility index (Phi) is 7.35. The summed E-state index contributed by atoms with van der Waals surface area (Å²) in [5, 5.41) is 4.75. The molecule has 0 saturated carbocycles. The van der Waals surface area contributed by atoms with Crippen molar-refractivity contribution in [3.05, 3.63) is 35.9 Å². The van der Waals surface area contributed by atoms with Gasteiger partial charge in [-0.3, -0.25) is 4.79 Å². The van der Waals surface area contributed by atoms with Gasteiger partial charge in [-0.05, 0) is 26.3 Å². The van der Waals surface area contributed by atoms with Crippen LogP contribution in [0, 0.1) is 0 Å². The van der Waals surface area contributed by atoms with Gasteiger partial charge in [0.05, 0.1) is 5.75 Å². The molecule has 0 unspecified atom stereocenters. The summed E-state index contributed by atoms with van der Waals surface area (Å²) in [5.74, 6) is -1.46. The molecule has 140 valence electrons. The van der Waals surface area contributed by atoms with Crippen molar-refractivity contribution in [3.63, 3.8) is 0 Å². The minimum atomic E-state index is -4.68. The quantitative estimate of drug-likeness (QED) is 0.705. The first-order valence-electron chi connectivity index (χ1n) is 7.70. The Morgan fingerprint density at radius 1 is 1.20 bits per heavy atom. The van der Waals surface area contributed by atoms with Crippen LogP contribution in [0.25, 0.3) is 0 Å². The number of rotatable bonds is 7. The third-order valence-corrected chi connectivity index (χ3v) is 3.63. The molecule has 0 aliphatic rings. The van der Waals surface area contributed by atoms with Gasteiger partial charge in [-0.2, -0.15) is 8.42 Å². The Morgan fingerprint density at radius 2 is 1.80 bits per heavy atom. The van der Waals surface area contributed by atoms with E-state index in [2.05, 4.69) is 10.6 Å². The van der Waals surface area contributed by atoms with Gasteiger partial charge in [0.2, 0.25) is 5.91 Å². The van der Waals surface area contributed by atoms with Gasteiger partial charge in [0.1, 0.15) is 11.6 Å². The van der Waals surface area contributed by atoms with Crippen molar-refractivity contribution in [3.8, 4) is 0 Å². The van der Waals surface area contributed by atoms with Crippen LogP contribution in [0.4, 0.5) is 8.68 Å². The third kappa shape index (κ3) is 9.65. The van der Waals surface area contributed by atoms with E-state index in [-0.39, 0.29) is 13.0 Å². The predicted molar refractivity (Wildman–Crippen MR) is 91.2 cm³/mol. The Bertz CT molecular complexity index is 686. The number of amides is 2. The van der Waals surface area contributed by atoms with E-state index >= 15 is 0 Å². The van der Waals surface area contributed by atoms with Crippen molar-refractivity contribution in [1.82, 2.24) is 10.6 Å². The van der Waals surface area contributed by atoms with E-state index in [0.29, 0.717) is 0 Å². The summed E-state index contributed by atoms with van der Waals surface area (Å²) in [6.45, 7) is 4.67. The molecule has 9 heteroatoms. The highest BCUT2D eigenvalue weighted by Crippen LogP contribution is 2.08. The van der Waals surface area contributed by atoms with Gasteiger partial charge in [0.15, 0.2) is 0 Å². The largest absolute Gasteiger partial charge is 0.444 e.